The first-order valence-corrected chi connectivity index (χ1v) is 8.64. The van der Waals surface area contributed by atoms with Crippen molar-refractivity contribution in [2.24, 2.45) is 5.92 Å². The molecule has 0 aliphatic heterocycles. The molecule has 120 valence electrons. The fourth-order valence-corrected chi connectivity index (χ4v) is 3.40. The molecular weight excluding hydrogens is 292 g/mol. The predicted molar refractivity (Wildman–Crippen MR) is 101 cm³/mol. The molecule has 0 bridgehead atoms. The lowest BCUT2D eigenvalue weighted by Gasteiger charge is -2.03. The summed E-state index contributed by atoms with van der Waals surface area (Å²) in [5, 5.41) is 2.68. The third-order valence-corrected chi connectivity index (χ3v) is 4.95. The number of methoxy groups -OCH3 is 1. The topological polar surface area (TPSA) is 9.23 Å². The third-order valence-electron chi connectivity index (χ3n) is 4.95. The van der Waals surface area contributed by atoms with E-state index >= 15 is 0 Å². The van der Waals surface area contributed by atoms with E-state index in [4.69, 9.17) is 4.74 Å². The quantitative estimate of drug-likeness (QED) is 0.571. The first-order chi connectivity index (χ1) is 11.8. The molecule has 4 rings (SSSR count). The van der Waals surface area contributed by atoms with E-state index in [9.17, 15) is 0 Å². The number of allylic oxidation sites excluding steroid dienone is 1. The molecule has 1 saturated carbocycles. The van der Waals surface area contributed by atoms with Crippen LogP contribution in [0.4, 0.5) is 0 Å². The maximum Gasteiger partial charge on any atom is 0.118 e. The second-order valence-corrected chi connectivity index (χ2v) is 6.58. The number of rotatable bonds is 5. The Hall–Kier alpha value is -2.54. The van der Waals surface area contributed by atoms with Gasteiger partial charge in [0.05, 0.1) is 7.11 Å². The molecule has 24 heavy (non-hydrogen) atoms. The van der Waals surface area contributed by atoms with Crippen LogP contribution in [0.5, 0.6) is 5.75 Å². The molecule has 1 aliphatic carbocycles. The molecule has 1 heteroatoms. The average molecular weight is 314 g/mol. The van der Waals surface area contributed by atoms with Crippen molar-refractivity contribution >= 4 is 16.8 Å². The zero-order valence-corrected chi connectivity index (χ0v) is 14.0. The van der Waals surface area contributed by atoms with Crippen LogP contribution in [-0.4, -0.2) is 7.11 Å². The predicted octanol–water partition coefficient (Wildman–Crippen LogP) is 5.88. The van der Waals surface area contributed by atoms with Gasteiger partial charge in [0.15, 0.2) is 0 Å². The van der Waals surface area contributed by atoms with Crippen LogP contribution in [0, 0.1) is 5.92 Å². The number of hydrogen-bond acceptors (Lipinski definition) is 1. The average Bonchev–Trinajstić information content (AvgIpc) is 3.39. The Bertz CT molecular complexity index is 869. The number of benzene rings is 3. The summed E-state index contributed by atoms with van der Waals surface area (Å²) >= 11 is 0. The van der Waals surface area contributed by atoms with Gasteiger partial charge in [0.25, 0.3) is 0 Å². The number of aryl methyl sites for hydroxylation is 1. The van der Waals surface area contributed by atoms with Gasteiger partial charge in [0, 0.05) is 0 Å². The lowest BCUT2D eigenvalue weighted by molar-refractivity contribution is 0.414. The lowest BCUT2D eigenvalue weighted by Crippen LogP contribution is -1.88. The SMILES string of the molecule is COc1ccc(CCC2C/C2=C\c2cccc3ccccc23)cc1. The van der Waals surface area contributed by atoms with Gasteiger partial charge in [-0.05, 0) is 59.2 Å². The van der Waals surface area contributed by atoms with Crippen molar-refractivity contribution in [2.45, 2.75) is 19.3 Å². The Morgan fingerprint density at radius 1 is 0.958 bits per heavy atom. The molecule has 1 aliphatic rings. The Morgan fingerprint density at radius 2 is 1.75 bits per heavy atom. The molecule has 0 aromatic heterocycles. The summed E-state index contributed by atoms with van der Waals surface area (Å²) in [6.07, 6.45) is 6.03. The molecular formula is C23H22O. The molecule has 3 aromatic rings. The lowest BCUT2D eigenvalue weighted by atomic mass is 10.0. The Morgan fingerprint density at radius 3 is 2.58 bits per heavy atom. The molecule has 1 fully saturated rings. The van der Waals surface area contributed by atoms with Crippen LogP contribution in [0.25, 0.3) is 16.8 Å². The van der Waals surface area contributed by atoms with Gasteiger partial charge in [-0.15, -0.1) is 0 Å². The zero-order chi connectivity index (χ0) is 16.4. The number of ether oxygens (including phenoxy) is 1. The minimum Gasteiger partial charge on any atom is -0.497 e. The highest BCUT2D eigenvalue weighted by atomic mass is 16.5. The van der Waals surface area contributed by atoms with Gasteiger partial charge >= 0.3 is 0 Å². The fraction of sp³-hybridized carbons (Fsp3) is 0.217. The monoisotopic (exact) mass is 314 g/mol. The van der Waals surface area contributed by atoms with Gasteiger partial charge in [0.2, 0.25) is 0 Å². The van der Waals surface area contributed by atoms with Crippen molar-refractivity contribution in [3.63, 3.8) is 0 Å². The van der Waals surface area contributed by atoms with Crippen molar-refractivity contribution in [3.05, 3.63) is 83.4 Å². The molecule has 0 amide bonds. The van der Waals surface area contributed by atoms with E-state index in [0.29, 0.717) is 0 Å². The third kappa shape index (κ3) is 3.21. The van der Waals surface area contributed by atoms with E-state index in [1.807, 2.05) is 0 Å². The zero-order valence-electron chi connectivity index (χ0n) is 14.0. The van der Waals surface area contributed by atoms with Crippen LogP contribution in [0.3, 0.4) is 0 Å². The molecule has 1 nitrogen and oxygen atoms in total. The number of fused-ring (bicyclic) bond motifs is 1. The van der Waals surface area contributed by atoms with E-state index in [-0.39, 0.29) is 0 Å². The summed E-state index contributed by atoms with van der Waals surface area (Å²) in [4.78, 5) is 0. The maximum atomic E-state index is 5.22. The standard InChI is InChI=1S/C23H22O/c1-24-22-13-10-17(11-14-22)9-12-19-15-21(19)16-20-7-4-6-18-5-2-3-8-23(18)20/h2-8,10-11,13-14,16,19H,9,12,15H2,1H3/b21-16+. The molecule has 1 atom stereocenters. The Balaban J connectivity index is 1.42. The van der Waals surface area contributed by atoms with Gasteiger partial charge in [-0.25, -0.2) is 0 Å². The minimum absolute atomic E-state index is 0.756. The minimum atomic E-state index is 0.756. The summed E-state index contributed by atoms with van der Waals surface area (Å²) in [5.41, 5.74) is 4.35. The van der Waals surface area contributed by atoms with Crippen LogP contribution in [0.1, 0.15) is 24.0 Å². The van der Waals surface area contributed by atoms with Crippen LogP contribution >= 0.6 is 0 Å². The molecule has 0 radical (unpaired) electrons. The maximum absolute atomic E-state index is 5.22. The fourth-order valence-electron chi connectivity index (χ4n) is 3.40. The molecule has 0 spiro atoms. The van der Waals surface area contributed by atoms with Crippen molar-refractivity contribution < 1.29 is 4.74 Å². The van der Waals surface area contributed by atoms with Crippen molar-refractivity contribution in [2.75, 3.05) is 7.11 Å². The van der Waals surface area contributed by atoms with Crippen molar-refractivity contribution in [3.8, 4) is 5.75 Å². The second kappa shape index (κ2) is 6.52. The van der Waals surface area contributed by atoms with E-state index in [2.05, 4.69) is 72.8 Å². The summed E-state index contributed by atoms with van der Waals surface area (Å²) in [6.45, 7) is 0. The molecule has 0 saturated heterocycles. The van der Waals surface area contributed by atoms with Crippen LogP contribution in [0.15, 0.2) is 72.3 Å². The van der Waals surface area contributed by atoms with Crippen LogP contribution in [-0.2, 0) is 6.42 Å². The highest BCUT2D eigenvalue weighted by Crippen LogP contribution is 2.43. The Labute approximate surface area is 143 Å². The van der Waals surface area contributed by atoms with Crippen molar-refractivity contribution in [1.82, 2.24) is 0 Å². The van der Waals surface area contributed by atoms with Crippen molar-refractivity contribution in [1.29, 1.82) is 0 Å². The molecule has 3 aromatic carbocycles. The highest BCUT2D eigenvalue weighted by Gasteiger charge is 2.28. The molecule has 1 unspecified atom stereocenters. The summed E-state index contributed by atoms with van der Waals surface area (Å²) in [7, 11) is 1.71. The molecule has 0 heterocycles. The van der Waals surface area contributed by atoms with E-state index in [1.54, 1.807) is 12.7 Å². The first kappa shape index (κ1) is 15.0. The van der Waals surface area contributed by atoms with E-state index in [1.165, 1.54) is 34.7 Å². The van der Waals surface area contributed by atoms with E-state index < -0.39 is 0 Å². The van der Waals surface area contributed by atoms with E-state index in [0.717, 1.165) is 18.1 Å². The highest BCUT2D eigenvalue weighted by molar-refractivity contribution is 5.91. The van der Waals surface area contributed by atoms with Gasteiger partial charge in [-0.3, -0.25) is 0 Å². The van der Waals surface area contributed by atoms with Gasteiger partial charge in [-0.2, -0.15) is 0 Å². The summed E-state index contributed by atoms with van der Waals surface area (Å²) in [5.74, 6) is 1.69. The van der Waals surface area contributed by atoms with Crippen LogP contribution in [0.2, 0.25) is 0 Å². The summed E-state index contributed by atoms with van der Waals surface area (Å²) in [6, 6.07) is 23.7. The van der Waals surface area contributed by atoms with Gasteiger partial charge in [-0.1, -0.05) is 66.2 Å². The molecule has 0 N–H and O–H groups in total. The smallest absolute Gasteiger partial charge is 0.118 e. The number of hydrogen-bond donors (Lipinski definition) is 0. The van der Waals surface area contributed by atoms with Gasteiger partial charge in [0.1, 0.15) is 5.75 Å². The normalized spacial score (nSPS) is 18.0. The van der Waals surface area contributed by atoms with Gasteiger partial charge < -0.3 is 4.74 Å². The summed E-state index contributed by atoms with van der Waals surface area (Å²) < 4.78 is 5.22. The first-order valence-electron chi connectivity index (χ1n) is 8.64. The van der Waals surface area contributed by atoms with Crippen LogP contribution < -0.4 is 4.74 Å². The second-order valence-electron chi connectivity index (χ2n) is 6.58. The Kier molecular flexibility index (Phi) is 4.08. The largest absolute Gasteiger partial charge is 0.497 e.